The number of pyridine rings is 2. The molecule has 0 aliphatic carbocycles. The number of hydrogen-bond acceptors (Lipinski definition) is 4. The first-order chi connectivity index (χ1) is 10.9. The van der Waals surface area contributed by atoms with Gasteiger partial charge < -0.3 is 10.1 Å². The molecule has 0 aliphatic heterocycles. The number of aromatic nitrogens is 2. The van der Waals surface area contributed by atoms with Crippen LogP contribution >= 0.6 is 11.6 Å². The van der Waals surface area contributed by atoms with Crippen molar-refractivity contribution in [2.75, 3.05) is 0 Å². The van der Waals surface area contributed by atoms with Gasteiger partial charge in [0.2, 0.25) is 5.88 Å². The van der Waals surface area contributed by atoms with E-state index in [1.54, 1.807) is 6.92 Å². The Morgan fingerprint density at radius 2 is 2.13 bits per heavy atom. The zero-order chi connectivity index (χ0) is 17.0. The van der Waals surface area contributed by atoms with Crippen molar-refractivity contribution in [1.82, 2.24) is 15.3 Å². The van der Waals surface area contributed by atoms with Crippen molar-refractivity contribution in [2.45, 2.75) is 20.1 Å². The zero-order valence-corrected chi connectivity index (χ0v) is 12.6. The predicted molar refractivity (Wildman–Crippen MR) is 76.0 cm³/mol. The largest absolute Gasteiger partial charge is 0.415 e. The van der Waals surface area contributed by atoms with E-state index >= 15 is 0 Å². The monoisotopic (exact) mass is 345 g/mol. The summed E-state index contributed by atoms with van der Waals surface area (Å²) in [5.74, 6) is -1.50. The number of alkyl halides is 2. The molecule has 1 N–H and O–H groups in total. The van der Waals surface area contributed by atoms with Crippen molar-refractivity contribution in [1.29, 1.82) is 0 Å². The molecule has 23 heavy (non-hydrogen) atoms. The maximum Gasteiger partial charge on any atom is 0.388 e. The third-order valence-electron chi connectivity index (χ3n) is 2.97. The molecule has 0 aromatic carbocycles. The lowest BCUT2D eigenvalue weighted by Crippen LogP contribution is -2.23. The van der Waals surface area contributed by atoms with Crippen LogP contribution < -0.4 is 10.1 Å². The van der Waals surface area contributed by atoms with Gasteiger partial charge in [0.1, 0.15) is 10.8 Å². The Labute approximate surface area is 134 Å². The lowest BCUT2D eigenvalue weighted by Gasteiger charge is -2.09. The summed E-state index contributed by atoms with van der Waals surface area (Å²) in [6.45, 7) is -1.46. The molecule has 2 aromatic heterocycles. The lowest BCUT2D eigenvalue weighted by molar-refractivity contribution is -0.0527. The number of nitrogens with one attached hydrogen (secondary N) is 1. The third-order valence-corrected chi connectivity index (χ3v) is 3.24. The summed E-state index contributed by atoms with van der Waals surface area (Å²) in [6.07, 6.45) is 3.56. The third kappa shape index (κ3) is 4.32. The van der Waals surface area contributed by atoms with Gasteiger partial charge in [-0.2, -0.15) is 8.78 Å². The molecule has 0 saturated heterocycles. The van der Waals surface area contributed by atoms with E-state index in [4.69, 9.17) is 11.6 Å². The minimum Gasteiger partial charge on any atom is -0.415 e. The standard InChI is InChI=1S/C14H11ClF3N3O2/c1-7-9(3-19-6-11(7)16)5-20-12(22)8-2-10(15)13(21-4-8)23-14(17)18/h2-4,6,14H,5H2,1H3,(H,20,22). The molecule has 2 aromatic rings. The molecular formula is C14H11ClF3N3O2. The first-order valence-electron chi connectivity index (χ1n) is 6.36. The molecule has 0 radical (unpaired) electrons. The summed E-state index contributed by atoms with van der Waals surface area (Å²) >= 11 is 5.72. The smallest absolute Gasteiger partial charge is 0.388 e. The molecule has 0 fully saturated rings. The van der Waals surface area contributed by atoms with Crippen LogP contribution in [0.25, 0.3) is 0 Å². The first kappa shape index (κ1) is 17.0. The Morgan fingerprint density at radius 1 is 1.39 bits per heavy atom. The highest BCUT2D eigenvalue weighted by molar-refractivity contribution is 6.32. The fraction of sp³-hybridized carbons (Fsp3) is 0.214. The summed E-state index contributed by atoms with van der Waals surface area (Å²) < 4.78 is 41.6. The summed E-state index contributed by atoms with van der Waals surface area (Å²) in [5, 5.41) is 2.32. The Morgan fingerprint density at radius 3 is 2.78 bits per heavy atom. The van der Waals surface area contributed by atoms with E-state index in [1.807, 2.05) is 0 Å². The van der Waals surface area contributed by atoms with Crippen LogP contribution in [-0.2, 0) is 6.54 Å². The molecule has 5 nitrogen and oxygen atoms in total. The Bertz CT molecular complexity index is 728. The Kier molecular flexibility index (Phi) is 5.38. The fourth-order valence-corrected chi connectivity index (χ4v) is 1.93. The number of rotatable bonds is 5. The molecule has 9 heteroatoms. The van der Waals surface area contributed by atoms with Gasteiger partial charge in [-0.25, -0.2) is 9.37 Å². The normalized spacial score (nSPS) is 10.7. The van der Waals surface area contributed by atoms with Crippen molar-refractivity contribution in [3.63, 3.8) is 0 Å². The predicted octanol–water partition coefficient (Wildman–Crippen LogP) is 3.11. The molecule has 122 valence electrons. The van der Waals surface area contributed by atoms with E-state index in [-0.39, 0.29) is 17.1 Å². The topological polar surface area (TPSA) is 64.1 Å². The second kappa shape index (κ2) is 7.28. The molecular weight excluding hydrogens is 335 g/mol. The summed E-state index contributed by atoms with van der Waals surface area (Å²) in [7, 11) is 0. The molecule has 2 rings (SSSR count). The fourth-order valence-electron chi connectivity index (χ4n) is 1.72. The molecule has 2 heterocycles. The maximum atomic E-state index is 13.4. The van der Waals surface area contributed by atoms with E-state index < -0.39 is 24.2 Å². The maximum absolute atomic E-state index is 13.4. The molecule has 0 unspecified atom stereocenters. The van der Waals surface area contributed by atoms with Crippen molar-refractivity contribution >= 4 is 17.5 Å². The summed E-state index contributed by atoms with van der Waals surface area (Å²) in [5.41, 5.74) is 0.936. The lowest BCUT2D eigenvalue weighted by atomic mass is 10.1. The molecule has 0 bridgehead atoms. The summed E-state index contributed by atoms with van der Waals surface area (Å²) in [4.78, 5) is 19.2. The highest BCUT2D eigenvalue weighted by atomic mass is 35.5. The average Bonchev–Trinajstić information content (AvgIpc) is 2.50. The minimum absolute atomic E-state index is 0.0440. The van der Waals surface area contributed by atoms with Crippen molar-refractivity contribution in [3.05, 3.63) is 52.2 Å². The van der Waals surface area contributed by atoms with E-state index in [0.717, 1.165) is 18.5 Å². The number of hydrogen-bond donors (Lipinski definition) is 1. The van der Waals surface area contributed by atoms with E-state index in [1.165, 1.54) is 6.20 Å². The quantitative estimate of drug-likeness (QED) is 0.904. The molecule has 1 amide bonds. The van der Waals surface area contributed by atoms with Crippen LogP contribution in [0.3, 0.4) is 0 Å². The highest BCUT2D eigenvalue weighted by Crippen LogP contribution is 2.24. The highest BCUT2D eigenvalue weighted by Gasteiger charge is 2.14. The van der Waals surface area contributed by atoms with Gasteiger partial charge in [0.15, 0.2) is 0 Å². The second-order valence-electron chi connectivity index (χ2n) is 4.48. The van der Waals surface area contributed by atoms with Crippen LogP contribution in [0, 0.1) is 12.7 Å². The van der Waals surface area contributed by atoms with Crippen LogP contribution in [0.4, 0.5) is 13.2 Å². The number of carbonyl (C=O) groups excluding carboxylic acids is 1. The number of carbonyl (C=O) groups is 1. The Balaban J connectivity index is 2.06. The van der Waals surface area contributed by atoms with Gasteiger partial charge in [0, 0.05) is 18.9 Å². The number of amides is 1. The van der Waals surface area contributed by atoms with Gasteiger partial charge in [-0.15, -0.1) is 0 Å². The number of halogens is 4. The van der Waals surface area contributed by atoms with Gasteiger partial charge in [0.25, 0.3) is 5.91 Å². The average molecular weight is 346 g/mol. The van der Waals surface area contributed by atoms with E-state index in [2.05, 4.69) is 20.0 Å². The zero-order valence-electron chi connectivity index (χ0n) is 11.8. The van der Waals surface area contributed by atoms with Crippen LogP contribution in [-0.4, -0.2) is 22.5 Å². The molecule has 0 spiro atoms. The number of ether oxygens (including phenoxy) is 1. The minimum atomic E-state index is -3.07. The number of nitrogens with zero attached hydrogens (tertiary/aromatic N) is 2. The molecule has 0 saturated carbocycles. The van der Waals surface area contributed by atoms with Gasteiger partial charge in [-0.05, 0) is 24.1 Å². The second-order valence-corrected chi connectivity index (χ2v) is 4.88. The van der Waals surface area contributed by atoms with E-state index in [0.29, 0.717) is 11.1 Å². The van der Waals surface area contributed by atoms with Crippen molar-refractivity contribution in [3.8, 4) is 5.88 Å². The SMILES string of the molecule is Cc1c(F)cncc1CNC(=O)c1cnc(OC(F)F)c(Cl)c1. The van der Waals surface area contributed by atoms with Gasteiger partial charge in [-0.1, -0.05) is 11.6 Å². The summed E-state index contributed by atoms with van der Waals surface area (Å²) in [6, 6.07) is 1.15. The van der Waals surface area contributed by atoms with Crippen LogP contribution in [0.15, 0.2) is 24.7 Å². The van der Waals surface area contributed by atoms with E-state index in [9.17, 15) is 18.0 Å². The van der Waals surface area contributed by atoms with Gasteiger partial charge >= 0.3 is 6.61 Å². The van der Waals surface area contributed by atoms with Crippen LogP contribution in [0.2, 0.25) is 5.02 Å². The van der Waals surface area contributed by atoms with Crippen molar-refractivity contribution < 1.29 is 22.7 Å². The Hall–Kier alpha value is -2.35. The van der Waals surface area contributed by atoms with Crippen LogP contribution in [0.5, 0.6) is 5.88 Å². The van der Waals surface area contributed by atoms with Crippen molar-refractivity contribution in [2.24, 2.45) is 0 Å². The van der Waals surface area contributed by atoms with Crippen LogP contribution in [0.1, 0.15) is 21.5 Å². The van der Waals surface area contributed by atoms with Gasteiger partial charge in [0.05, 0.1) is 11.8 Å². The first-order valence-corrected chi connectivity index (χ1v) is 6.74. The molecule has 0 atom stereocenters. The molecule has 0 aliphatic rings. The van der Waals surface area contributed by atoms with Gasteiger partial charge in [-0.3, -0.25) is 9.78 Å².